The minimum atomic E-state index is 0.0425. The van der Waals surface area contributed by atoms with E-state index in [0.29, 0.717) is 6.42 Å². The SMILES string of the molecule is CCSc1nc2ccc(NC(=O)CCc3ccccc3)cc2s1. The van der Waals surface area contributed by atoms with Crippen molar-refractivity contribution in [3.05, 3.63) is 54.1 Å². The number of thiazole rings is 1. The van der Waals surface area contributed by atoms with Crippen LogP contribution < -0.4 is 5.32 Å². The first-order valence-corrected chi connectivity index (χ1v) is 9.42. The van der Waals surface area contributed by atoms with Gasteiger partial charge in [0.2, 0.25) is 5.91 Å². The zero-order valence-corrected chi connectivity index (χ0v) is 14.5. The maximum Gasteiger partial charge on any atom is 0.224 e. The molecule has 3 nitrogen and oxygen atoms in total. The summed E-state index contributed by atoms with van der Waals surface area (Å²) in [5.41, 5.74) is 3.02. The van der Waals surface area contributed by atoms with Gasteiger partial charge in [-0.25, -0.2) is 4.98 Å². The van der Waals surface area contributed by atoms with Crippen LogP contribution in [0, 0.1) is 0 Å². The van der Waals surface area contributed by atoms with Crippen molar-refractivity contribution in [2.24, 2.45) is 0 Å². The molecule has 1 heterocycles. The predicted molar refractivity (Wildman–Crippen MR) is 99.4 cm³/mol. The molecule has 1 aromatic heterocycles. The number of nitrogens with zero attached hydrogens (tertiary/aromatic N) is 1. The topological polar surface area (TPSA) is 42.0 Å². The van der Waals surface area contributed by atoms with Gasteiger partial charge in [-0.15, -0.1) is 11.3 Å². The van der Waals surface area contributed by atoms with Crippen molar-refractivity contribution in [2.75, 3.05) is 11.1 Å². The zero-order valence-electron chi connectivity index (χ0n) is 12.9. The van der Waals surface area contributed by atoms with E-state index in [-0.39, 0.29) is 5.91 Å². The van der Waals surface area contributed by atoms with Crippen molar-refractivity contribution in [3.63, 3.8) is 0 Å². The van der Waals surface area contributed by atoms with Gasteiger partial charge in [-0.05, 0) is 35.9 Å². The molecule has 118 valence electrons. The fraction of sp³-hybridized carbons (Fsp3) is 0.222. The van der Waals surface area contributed by atoms with E-state index in [1.165, 1.54) is 5.56 Å². The van der Waals surface area contributed by atoms with Crippen LogP contribution in [0.2, 0.25) is 0 Å². The molecular formula is C18H18N2OS2. The van der Waals surface area contributed by atoms with Crippen LogP contribution in [-0.4, -0.2) is 16.6 Å². The summed E-state index contributed by atoms with van der Waals surface area (Å²) in [5.74, 6) is 1.06. The van der Waals surface area contributed by atoms with Crippen molar-refractivity contribution in [1.29, 1.82) is 0 Å². The molecule has 5 heteroatoms. The molecule has 3 rings (SSSR count). The molecule has 1 N–H and O–H groups in total. The van der Waals surface area contributed by atoms with Crippen molar-refractivity contribution in [1.82, 2.24) is 4.98 Å². The highest BCUT2D eigenvalue weighted by molar-refractivity contribution is 8.01. The van der Waals surface area contributed by atoms with Crippen LogP contribution in [0.5, 0.6) is 0 Å². The number of benzene rings is 2. The highest BCUT2D eigenvalue weighted by atomic mass is 32.2. The Kier molecular flexibility index (Phi) is 5.31. The Morgan fingerprint density at radius 3 is 2.83 bits per heavy atom. The van der Waals surface area contributed by atoms with Crippen LogP contribution in [-0.2, 0) is 11.2 Å². The number of aryl methyl sites for hydroxylation is 1. The molecule has 0 radical (unpaired) electrons. The molecule has 2 aromatic carbocycles. The maximum absolute atomic E-state index is 12.1. The van der Waals surface area contributed by atoms with Gasteiger partial charge in [-0.3, -0.25) is 4.79 Å². The third kappa shape index (κ3) is 4.33. The van der Waals surface area contributed by atoms with E-state index in [0.717, 1.165) is 32.4 Å². The van der Waals surface area contributed by atoms with Gasteiger partial charge >= 0.3 is 0 Å². The quantitative estimate of drug-likeness (QED) is 0.642. The Morgan fingerprint density at radius 1 is 1.22 bits per heavy atom. The molecule has 0 aliphatic rings. The van der Waals surface area contributed by atoms with E-state index >= 15 is 0 Å². The van der Waals surface area contributed by atoms with Crippen molar-refractivity contribution in [2.45, 2.75) is 24.1 Å². The lowest BCUT2D eigenvalue weighted by molar-refractivity contribution is -0.116. The van der Waals surface area contributed by atoms with Crippen LogP contribution in [0.3, 0.4) is 0 Å². The summed E-state index contributed by atoms with van der Waals surface area (Å²) in [4.78, 5) is 16.7. The zero-order chi connectivity index (χ0) is 16.1. The molecule has 0 saturated heterocycles. The Bertz CT molecular complexity index is 799. The molecule has 1 amide bonds. The molecular weight excluding hydrogens is 324 g/mol. The first-order valence-electron chi connectivity index (χ1n) is 7.62. The number of amides is 1. The molecule has 3 aromatic rings. The second-order valence-electron chi connectivity index (χ2n) is 5.13. The van der Waals surface area contributed by atoms with Crippen LogP contribution >= 0.6 is 23.1 Å². The lowest BCUT2D eigenvalue weighted by Gasteiger charge is -2.05. The highest BCUT2D eigenvalue weighted by Gasteiger charge is 2.07. The lowest BCUT2D eigenvalue weighted by atomic mass is 10.1. The van der Waals surface area contributed by atoms with Gasteiger partial charge < -0.3 is 5.32 Å². The summed E-state index contributed by atoms with van der Waals surface area (Å²) in [6.45, 7) is 2.12. The number of rotatable bonds is 6. The van der Waals surface area contributed by atoms with Crippen LogP contribution in [0.25, 0.3) is 10.2 Å². The van der Waals surface area contributed by atoms with E-state index in [4.69, 9.17) is 0 Å². The van der Waals surface area contributed by atoms with E-state index in [1.54, 1.807) is 23.1 Å². The Balaban J connectivity index is 1.62. The van der Waals surface area contributed by atoms with Crippen LogP contribution in [0.1, 0.15) is 18.9 Å². The van der Waals surface area contributed by atoms with Crippen LogP contribution in [0.4, 0.5) is 5.69 Å². The fourth-order valence-corrected chi connectivity index (χ4v) is 4.30. The summed E-state index contributed by atoms with van der Waals surface area (Å²) < 4.78 is 2.19. The van der Waals surface area contributed by atoms with Gasteiger partial charge in [0, 0.05) is 12.1 Å². The minimum absolute atomic E-state index is 0.0425. The summed E-state index contributed by atoms with van der Waals surface area (Å²) in [6, 6.07) is 16.0. The van der Waals surface area contributed by atoms with E-state index < -0.39 is 0 Å². The van der Waals surface area contributed by atoms with E-state index in [2.05, 4.69) is 17.2 Å². The Morgan fingerprint density at radius 2 is 2.04 bits per heavy atom. The van der Waals surface area contributed by atoms with Gasteiger partial charge in [0.15, 0.2) is 4.34 Å². The third-order valence-electron chi connectivity index (χ3n) is 3.40. The van der Waals surface area contributed by atoms with E-state index in [9.17, 15) is 4.79 Å². The molecule has 0 saturated carbocycles. The van der Waals surface area contributed by atoms with Gasteiger partial charge in [0.1, 0.15) is 0 Å². The van der Waals surface area contributed by atoms with E-state index in [1.807, 2.05) is 48.5 Å². The normalized spacial score (nSPS) is 10.8. The van der Waals surface area contributed by atoms with Crippen LogP contribution in [0.15, 0.2) is 52.9 Å². The smallest absolute Gasteiger partial charge is 0.224 e. The standard InChI is InChI=1S/C18H18N2OS2/c1-2-22-18-20-15-10-9-14(12-16(15)23-18)19-17(21)11-8-13-6-4-3-5-7-13/h3-7,9-10,12H,2,8,11H2,1H3,(H,19,21). The number of nitrogens with one attached hydrogen (secondary N) is 1. The maximum atomic E-state index is 12.1. The van der Waals surface area contributed by atoms with Gasteiger partial charge in [-0.1, -0.05) is 49.0 Å². The van der Waals surface area contributed by atoms with Crippen molar-refractivity contribution in [3.8, 4) is 0 Å². The fourth-order valence-electron chi connectivity index (χ4n) is 2.29. The second kappa shape index (κ2) is 7.62. The van der Waals surface area contributed by atoms with Gasteiger partial charge in [0.05, 0.1) is 10.2 Å². The number of fused-ring (bicyclic) bond motifs is 1. The Hall–Kier alpha value is -1.85. The van der Waals surface area contributed by atoms with Crippen molar-refractivity contribution < 1.29 is 4.79 Å². The minimum Gasteiger partial charge on any atom is -0.326 e. The molecule has 0 spiro atoms. The Labute approximate surface area is 144 Å². The third-order valence-corrected chi connectivity index (χ3v) is 5.45. The summed E-state index contributed by atoms with van der Waals surface area (Å²) >= 11 is 3.42. The number of hydrogen-bond acceptors (Lipinski definition) is 4. The second-order valence-corrected chi connectivity index (χ2v) is 7.67. The number of thioether (sulfide) groups is 1. The van der Waals surface area contributed by atoms with Gasteiger partial charge in [0.25, 0.3) is 0 Å². The monoisotopic (exact) mass is 342 g/mol. The summed E-state index contributed by atoms with van der Waals surface area (Å²) in [5, 5.41) is 2.98. The number of carbonyl (C=O) groups excluding carboxylic acids is 1. The molecule has 0 atom stereocenters. The number of hydrogen-bond donors (Lipinski definition) is 1. The predicted octanol–water partition coefficient (Wildman–Crippen LogP) is 4.98. The molecule has 0 aliphatic carbocycles. The van der Waals surface area contributed by atoms with Gasteiger partial charge in [-0.2, -0.15) is 0 Å². The largest absolute Gasteiger partial charge is 0.326 e. The average Bonchev–Trinajstić information content (AvgIpc) is 2.96. The molecule has 0 unspecified atom stereocenters. The molecule has 0 fully saturated rings. The highest BCUT2D eigenvalue weighted by Crippen LogP contribution is 2.31. The van der Waals surface area contributed by atoms with Crippen molar-refractivity contribution >= 4 is 44.9 Å². The lowest BCUT2D eigenvalue weighted by Crippen LogP contribution is -2.12. The summed E-state index contributed by atoms with van der Waals surface area (Å²) in [6.07, 6.45) is 1.24. The number of carbonyl (C=O) groups is 1. The molecule has 0 bridgehead atoms. The average molecular weight is 342 g/mol. The number of anilines is 1. The molecule has 23 heavy (non-hydrogen) atoms. The molecule has 0 aliphatic heterocycles. The first-order chi connectivity index (χ1) is 11.2. The first kappa shape index (κ1) is 16.0. The number of aromatic nitrogens is 1. The summed E-state index contributed by atoms with van der Waals surface area (Å²) in [7, 11) is 0.